The van der Waals surface area contributed by atoms with E-state index in [1.165, 1.54) is 6.07 Å². The smallest absolute Gasteiger partial charge is 0.312 e. The van der Waals surface area contributed by atoms with E-state index in [0.717, 1.165) is 37.7 Å². The van der Waals surface area contributed by atoms with Crippen LogP contribution in [0.3, 0.4) is 0 Å². The first-order valence-electron chi connectivity index (χ1n) is 10.5. The first-order chi connectivity index (χ1) is 15.5. The summed E-state index contributed by atoms with van der Waals surface area (Å²) in [6.45, 7) is 6.84. The number of thiocarbonyl (C=S) groups is 1. The zero-order valence-corrected chi connectivity index (χ0v) is 21.3. The molecule has 178 valence electrons. The maximum atomic E-state index is 12.6. The summed E-state index contributed by atoms with van der Waals surface area (Å²) in [4.78, 5) is 14.0. The second-order valence-corrected chi connectivity index (χ2v) is 11.8. The van der Waals surface area contributed by atoms with Gasteiger partial charge in [-0.2, -0.15) is 0 Å². The molecule has 0 aliphatic carbocycles. The number of ether oxygens (including phenoxy) is 2. The number of carbonyl (C=O) groups is 1. The Labute approximate surface area is 204 Å². The van der Waals surface area contributed by atoms with Crippen molar-refractivity contribution in [1.29, 1.82) is 0 Å². The van der Waals surface area contributed by atoms with Gasteiger partial charge in [0.15, 0.2) is 5.75 Å². The standard InChI is InChI=1S/C23H28N2O5S3/c1-23(2,3)22(26)29-15-32-21(31)16-13-18(25-11-7-8-12-25)20(19(14-16)33(24,27)28)30-17-9-5-4-6-10-17/h4-6,9-10,13-14H,7-8,11-12,15H2,1-3H3,(H2,24,27,28). The molecule has 1 aliphatic heterocycles. The summed E-state index contributed by atoms with van der Waals surface area (Å²) in [6, 6.07) is 12.2. The number of para-hydroxylation sites is 1. The second kappa shape index (κ2) is 10.4. The average molecular weight is 509 g/mol. The van der Waals surface area contributed by atoms with Crippen LogP contribution >= 0.6 is 24.0 Å². The van der Waals surface area contributed by atoms with Crippen LogP contribution in [0, 0.1) is 5.41 Å². The van der Waals surface area contributed by atoms with Gasteiger partial charge in [0, 0.05) is 18.7 Å². The molecule has 0 unspecified atom stereocenters. The predicted octanol–water partition coefficient (Wildman–Crippen LogP) is 4.68. The lowest BCUT2D eigenvalue weighted by Crippen LogP contribution is -2.23. The van der Waals surface area contributed by atoms with Gasteiger partial charge in [-0.25, -0.2) is 13.6 Å². The van der Waals surface area contributed by atoms with Crippen molar-refractivity contribution in [3.05, 3.63) is 48.0 Å². The van der Waals surface area contributed by atoms with Gasteiger partial charge in [-0.3, -0.25) is 4.79 Å². The van der Waals surface area contributed by atoms with Crippen molar-refractivity contribution in [1.82, 2.24) is 0 Å². The van der Waals surface area contributed by atoms with Crippen molar-refractivity contribution >= 4 is 49.9 Å². The molecule has 1 heterocycles. The SMILES string of the molecule is CC(C)(C)C(=O)OCSC(=S)c1cc(N2CCCC2)c(Oc2ccccc2)c(S(N)(=O)=O)c1. The number of sulfonamides is 1. The molecule has 1 fully saturated rings. The Balaban J connectivity index is 1.97. The van der Waals surface area contributed by atoms with E-state index in [1.807, 2.05) is 12.1 Å². The van der Waals surface area contributed by atoms with Crippen LogP contribution in [-0.2, 0) is 19.6 Å². The lowest BCUT2D eigenvalue weighted by molar-refractivity contribution is -0.150. The Bertz CT molecular complexity index is 1120. The Hall–Kier alpha value is -2.14. The molecule has 1 saturated heterocycles. The maximum Gasteiger partial charge on any atom is 0.312 e. The van der Waals surface area contributed by atoms with Crippen LogP contribution in [0.25, 0.3) is 0 Å². The molecular formula is C23H28N2O5S3. The third kappa shape index (κ3) is 6.69. The molecule has 7 nitrogen and oxygen atoms in total. The van der Waals surface area contributed by atoms with Crippen molar-refractivity contribution in [2.45, 2.75) is 38.5 Å². The van der Waals surface area contributed by atoms with Crippen LogP contribution in [0.4, 0.5) is 5.69 Å². The molecule has 0 spiro atoms. The Morgan fingerprint density at radius 3 is 2.36 bits per heavy atom. The van der Waals surface area contributed by atoms with Crippen LogP contribution in [-0.4, -0.2) is 37.6 Å². The molecular weight excluding hydrogens is 480 g/mol. The van der Waals surface area contributed by atoms with Gasteiger partial charge >= 0.3 is 5.97 Å². The molecule has 0 atom stereocenters. The summed E-state index contributed by atoms with van der Waals surface area (Å²) in [5.74, 6) is 0.372. The van der Waals surface area contributed by atoms with Crippen LogP contribution in [0.1, 0.15) is 39.2 Å². The number of nitrogens with zero attached hydrogens (tertiary/aromatic N) is 1. The third-order valence-electron chi connectivity index (χ3n) is 4.98. The fourth-order valence-electron chi connectivity index (χ4n) is 3.25. The topological polar surface area (TPSA) is 98.9 Å². The number of carbonyl (C=O) groups excluding carboxylic acids is 1. The summed E-state index contributed by atoms with van der Waals surface area (Å²) in [6.07, 6.45) is 1.98. The lowest BCUT2D eigenvalue weighted by atomic mass is 9.98. The van der Waals surface area contributed by atoms with Crippen LogP contribution in [0.2, 0.25) is 0 Å². The van der Waals surface area contributed by atoms with E-state index < -0.39 is 15.4 Å². The number of benzene rings is 2. The Morgan fingerprint density at radius 1 is 1.15 bits per heavy atom. The molecule has 2 aromatic carbocycles. The molecule has 0 radical (unpaired) electrons. The number of rotatable bonds is 7. The first kappa shape index (κ1) is 25.5. The normalized spacial score (nSPS) is 14.2. The Morgan fingerprint density at radius 2 is 1.79 bits per heavy atom. The van der Waals surface area contributed by atoms with Crippen molar-refractivity contribution in [2.75, 3.05) is 23.9 Å². The minimum atomic E-state index is -4.12. The van der Waals surface area contributed by atoms with E-state index in [2.05, 4.69) is 4.90 Å². The first-order valence-corrected chi connectivity index (χ1v) is 13.4. The van der Waals surface area contributed by atoms with Crippen LogP contribution < -0.4 is 14.8 Å². The summed E-state index contributed by atoms with van der Waals surface area (Å²) < 4.78 is 36.8. The molecule has 0 saturated carbocycles. The minimum Gasteiger partial charge on any atom is -0.454 e. The fourth-order valence-corrected chi connectivity index (χ4v) is 4.77. The van der Waals surface area contributed by atoms with Gasteiger partial charge in [-0.15, -0.1) is 0 Å². The predicted molar refractivity (Wildman–Crippen MR) is 135 cm³/mol. The highest BCUT2D eigenvalue weighted by molar-refractivity contribution is 8.23. The average Bonchev–Trinajstić information content (AvgIpc) is 3.27. The van der Waals surface area contributed by atoms with Crippen molar-refractivity contribution < 1.29 is 22.7 Å². The molecule has 0 bridgehead atoms. The highest BCUT2D eigenvalue weighted by Crippen LogP contribution is 2.41. The largest absolute Gasteiger partial charge is 0.454 e. The van der Waals surface area contributed by atoms with Gasteiger partial charge < -0.3 is 14.4 Å². The van der Waals surface area contributed by atoms with Gasteiger partial charge in [0.25, 0.3) is 0 Å². The van der Waals surface area contributed by atoms with Gasteiger partial charge in [0.05, 0.1) is 15.3 Å². The molecule has 33 heavy (non-hydrogen) atoms. The van der Waals surface area contributed by atoms with Gasteiger partial charge in [-0.1, -0.05) is 42.2 Å². The van der Waals surface area contributed by atoms with Crippen LogP contribution in [0.5, 0.6) is 11.5 Å². The number of anilines is 1. The van der Waals surface area contributed by atoms with Crippen molar-refractivity contribution in [3.8, 4) is 11.5 Å². The number of thioether (sulfide) groups is 1. The zero-order valence-electron chi connectivity index (χ0n) is 18.9. The second-order valence-electron chi connectivity index (χ2n) is 8.71. The number of hydrogen-bond donors (Lipinski definition) is 1. The molecule has 0 aromatic heterocycles. The number of hydrogen-bond acceptors (Lipinski definition) is 8. The summed E-state index contributed by atoms with van der Waals surface area (Å²) >= 11 is 6.68. The molecule has 1 aliphatic rings. The molecule has 2 aromatic rings. The minimum absolute atomic E-state index is 0.0287. The van der Waals surface area contributed by atoms with Crippen LogP contribution in [0.15, 0.2) is 47.4 Å². The van der Waals surface area contributed by atoms with Gasteiger partial charge in [-0.05, 0) is 57.9 Å². The quantitative estimate of drug-likeness (QED) is 0.327. The fraction of sp³-hybridized carbons (Fsp3) is 0.391. The van der Waals surface area contributed by atoms with E-state index in [1.54, 1.807) is 45.0 Å². The van der Waals surface area contributed by atoms with E-state index in [-0.39, 0.29) is 22.6 Å². The van der Waals surface area contributed by atoms with E-state index in [0.29, 0.717) is 21.2 Å². The molecule has 10 heteroatoms. The maximum absolute atomic E-state index is 12.6. The molecule has 3 rings (SSSR count). The third-order valence-corrected chi connectivity index (χ3v) is 7.22. The Kier molecular flexibility index (Phi) is 8.04. The monoisotopic (exact) mass is 508 g/mol. The summed E-state index contributed by atoms with van der Waals surface area (Å²) in [5.41, 5.74) is 0.503. The van der Waals surface area contributed by atoms with E-state index >= 15 is 0 Å². The lowest BCUT2D eigenvalue weighted by Gasteiger charge is -2.24. The van der Waals surface area contributed by atoms with E-state index in [4.69, 9.17) is 26.8 Å². The summed E-state index contributed by atoms with van der Waals surface area (Å²) in [7, 11) is -4.12. The summed E-state index contributed by atoms with van der Waals surface area (Å²) in [5, 5.41) is 5.59. The van der Waals surface area contributed by atoms with Gasteiger partial charge in [0.2, 0.25) is 10.0 Å². The zero-order chi connectivity index (χ0) is 24.2. The molecule has 2 N–H and O–H groups in total. The van der Waals surface area contributed by atoms with E-state index in [9.17, 15) is 13.2 Å². The molecule has 0 amide bonds. The number of esters is 1. The van der Waals surface area contributed by atoms with Gasteiger partial charge in [0.1, 0.15) is 16.6 Å². The number of primary sulfonamides is 1. The van der Waals surface area contributed by atoms with Crippen molar-refractivity contribution in [2.24, 2.45) is 10.6 Å². The van der Waals surface area contributed by atoms with Crippen molar-refractivity contribution in [3.63, 3.8) is 0 Å². The highest BCUT2D eigenvalue weighted by Gasteiger charge is 2.27. The highest BCUT2D eigenvalue weighted by atomic mass is 32.2. The number of nitrogens with two attached hydrogens (primary N) is 1.